The van der Waals surface area contributed by atoms with Crippen LogP contribution in [-0.4, -0.2) is 53.3 Å². The summed E-state index contributed by atoms with van der Waals surface area (Å²) < 4.78 is 0. The van der Waals surface area contributed by atoms with Crippen molar-refractivity contribution in [3.63, 3.8) is 0 Å². The highest BCUT2D eigenvalue weighted by molar-refractivity contribution is 6.30. The van der Waals surface area contributed by atoms with Crippen LogP contribution < -0.4 is 10.6 Å². The van der Waals surface area contributed by atoms with Gasteiger partial charge >= 0.3 is 6.03 Å². The van der Waals surface area contributed by atoms with Gasteiger partial charge in [-0.15, -0.1) is 13.2 Å². The van der Waals surface area contributed by atoms with Crippen molar-refractivity contribution in [2.75, 3.05) is 19.6 Å². The van der Waals surface area contributed by atoms with Crippen molar-refractivity contribution in [2.24, 2.45) is 0 Å². The van der Waals surface area contributed by atoms with Crippen molar-refractivity contribution in [3.05, 3.63) is 107 Å². The second kappa shape index (κ2) is 10.6. The van der Waals surface area contributed by atoms with Gasteiger partial charge in [0.25, 0.3) is 5.91 Å². The molecule has 0 saturated heterocycles. The Kier molecular flexibility index (Phi) is 7.36. The maximum atomic E-state index is 13.9. The molecule has 35 heavy (non-hydrogen) atoms. The lowest BCUT2D eigenvalue weighted by atomic mass is 9.95. The molecule has 2 aromatic rings. The van der Waals surface area contributed by atoms with Gasteiger partial charge in [-0.25, -0.2) is 4.79 Å². The highest BCUT2D eigenvalue weighted by Crippen LogP contribution is 2.37. The minimum Gasteiger partial charge on any atom is -0.351 e. The molecule has 8 heteroatoms. The number of nitrogens with one attached hydrogen (secondary N) is 2. The van der Waals surface area contributed by atoms with Crippen molar-refractivity contribution in [1.29, 1.82) is 0 Å². The van der Waals surface area contributed by atoms with Crippen LogP contribution in [0.25, 0.3) is 0 Å². The van der Waals surface area contributed by atoms with E-state index in [4.69, 9.17) is 11.6 Å². The van der Waals surface area contributed by atoms with Crippen LogP contribution in [0.5, 0.6) is 0 Å². The summed E-state index contributed by atoms with van der Waals surface area (Å²) in [5.41, 5.74) is 2.69. The van der Waals surface area contributed by atoms with Crippen molar-refractivity contribution in [1.82, 2.24) is 20.4 Å². The van der Waals surface area contributed by atoms with Crippen molar-refractivity contribution >= 4 is 29.4 Å². The Labute approximate surface area is 209 Å². The van der Waals surface area contributed by atoms with Crippen LogP contribution in [0, 0.1) is 0 Å². The quantitative estimate of drug-likeness (QED) is 0.527. The van der Waals surface area contributed by atoms with E-state index in [1.165, 1.54) is 4.90 Å². The lowest BCUT2D eigenvalue weighted by Crippen LogP contribution is -2.50. The lowest BCUT2D eigenvalue weighted by molar-refractivity contribution is -0.136. The van der Waals surface area contributed by atoms with E-state index in [1.807, 2.05) is 30.3 Å². The molecule has 0 aliphatic carbocycles. The SMILES string of the molecule is C=CCNC(=O)C(Cc1ccccc1)N1CC2=C(C1=O)C(c1ccc(Cl)cc1)NC(=O)N2CC=C. The van der Waals surface area contributed by atoms with E-state index in [0.29, 0.717) is 22.7 Å². The summed E-state index contributed by atoms with van der Waals surface area (Å²) in [5.74, 6) is -0.566. The van der Waals surface area contributed by atoms with Crippen molar-refractivity contribution in [3.8, 4) is 0 Å². The molecule has 2 atom stereocenters. The number of amides is 4. The fraction of sp³-hybridized carbons (Fsp3) is 0.222. The number of carbonyl (C=O) groups is 3. The Bertz CT molecular complexity index is 1180. The minimum absolute atomic E-state index is 0.137. The van der Waals surface area contributed by atoms with E-state index in [9.17, 15) is 14.4 Å². The molecular formula is C27H27ClN4O3. The molecule has 2 aromatic carbocycles. The average molecular weight is 491 g/mol. The average Bonchev–Trinajstić information content (AvgIpc) is 3.20. The van der Waals surface area contributed by atoms with E-state index in [0.717, 1.165) is 11.1 Å². The maximum Gasteiger partial charge on any atom is 0.322 e. The zero-order valence-corrected chi connectivity index (χ0v) is 20.0. The second-order valence-corrected chi connectivity index (χ2v) is 8.80. The van der Waals surface area contributed by atoms with E-state index in [1.54, 1.807) is 41.3 Å². The van der Waals surface area contributed by atoms with Gasteiger partial charge in [0.15, 0.2) is 0 Å². The zero-order valence-electron chi connectivity index (χ0n) is 19.2. The van der Waals surface area contributed by atoms with Gasteiger partial charge < -0.3 is 15.5 Å². The van der Waals surface area contributed by atoms with Crippen LogP contribution in [0.3, 0.4) is 0 Å². The van der Waals surface area contributed by atoms with Gasteiger partial charge in [-0.3, -0.25) is 14.5 Å². The van der Waals surface area contributed by atoms with Gasteiger partial charge in [-0.1, -0.05) is 66.2 Å². The molecule has 0 saturated carbocycles. The number of carbonyl (C=O) groups excluding carboxylic acids is 3. The molecular weight excluding hydrogens is 464 g/mol. The van der Waals surface area contributed by atoms with Gasteiger partial charge in [-0.05, 0) is 23.3 Å². The van der Waals surface area contributed by atoms with Crippen LogP contribution in [0.4, 0.5) is 4.79 Å². The minimum atomic E-state index is -0.762. The first kappa shape index (κ1) is 24.3. The smallest absolute Gasteiger partial charge is 0.322 e. The molecule has 180 valence electrons. The molecule has 0 bridgehead atoms. The predicted octanol–water partition coefficient (Wildman–Crippen LogP) is 3.60. The summed E-state index contributed by atoms with van der Waals surface area (Å²) in [7, 11) is 0. The van der Waals surface area contributed by atoms with E-state index >= 15 is 0 Å². The number of halogens is 1. The summed E-state index contributed by atoms with van der Waals surface area (Å²) in [5, 5.41) is 6.32. The first-order valence-corrected chi connectivity index (χ1v) is 11.7. The lowest BCUT2D eigenvalue weighted by Gasteiger charge is -2.33. The largest absolute Gasteiger partial charge is 0.351 e. The highest BCUT2D eigenvalue weighted by atomic mass is 35.5. The fourth-order valence-corrected chi connectivity index (χ4v) is 4.59. The third-order valence-electron chi connectivity index (χ3n) is 6.14. The highest BCUT2D eigenvalue weighted by Gasteiger charge is 2.46. The van der Waals surface area contributed by atoms with Crippen LogP contribution in [0.1, 0.15) is 17.2 Å². The summed E-state index contributed by atoms with van der Waals surface area (Å²) >= 11 is 6.06. The molecule has 2 heterocycles. The van der Waals surface area contributed by atoms with Gasteiger partial charge in [-0.2, -0.15) is 0 Å². The Morgan fingerprint density at radius 3 is 2.49 bits per heavy atom. The van der Waals surface area contributed by atoms with Crippen LogP contribution in [0.2, 0.25) is 5.02 Å². The summed E-state index contributed by atoms with van der Waals surface area (Å²) in [6.45, 7) is 8.08. The van der Waals surface area contributed by atoms with Crippen molar-refractivity contribution in [2.45, 2.75) is 18.5 Å². The predicted molar refractivity (Wildman–Crippen MR) is 136 cm³/mol. The zero-order chi connectivity index (χ0) is 24.9. The van der Waals surface area contributed by atoms with Gasteiger partial charge in [0, 0.05) is 24.5 Å². The van der Waals surface area contributed by atoms with Gasteiger partial charge in [0.05, 0.1) is 23.9 Å². The number of rotatable bonds is 9. The molecule has 7 nitrogen and oxygen atoms in total. The first-order chi connectivity index (χ1) is 16.9. The van der Waals surface area contributed by atoms with Crippen LogP contribution in [0.15, 0.2) is 91.2 Å². The Hall–Kier alpha value is -3.84. The molecule has 2 unspecified atom stereocenters. The van der Waals surface area contributed by atoms with Gasteiger partial charge in [0.2, 0.25) is 5.91 Å². The van der Waals surface area contributed by atoms with Gasteiger partial charge in [0.1, 0.15) is 6.04 Å². The fourth-order valence-electron chi connectivity index (χ4n) is 4.46. The molecule has 2 N–H and O–H groups in total. The van der Waals surface area contributed by atoms with Crippen LogP contribution >= 0.6 is 11.6 Å². The summed E-state index contributed by atoms with van der Waals surface area (Å²) in [6.07, 6.45) is 3.54. The van der Waals surface area contributed by atoms with Crippen LogP contribution in [-0.2, 0) is 16.0 Å². The third-order valence-corrected chi connectivity index (χ3v) is 6.39. The molecule has 4 amide bonds. The number of nitrogens with zero attached hydrogens (tertiary/aromatic N) is 2. The second-order valence-electron chi connectivity index (χ2n) is 8.37. The van der Waals surface area contributed by atoms with E-state index in [-0.39, 0.29) is 37.5 Å². The normalized spacial score (nSPS) is 18.1. The summed E-state index contributed by atoms with van der Waals surface area (Å²) in [4.78, 5) is 43.2. The molecule has 0 radical (unpaired) electrons. The number of hydrogen-bond donors (Lipinski definition) is 2. The molecule has 0 spiro atoms. The molecule has 4 rings (SSSR count). The molecule has 2 aliphatic rings. The Morgan fingerprint density at radius 2 is 1.83 bits per heavy atom. The standard InChI is InChI=1S/C27H27ClN4O3/c1-3-14-29-25(33)21(16-18-8-6-5-7-9-18)32-17-22-23(26(32)34)24(19-10-12-20(28)13-11-19)30-27(35)31(22)15-4-2/h3-13,21,24H,1-2,14-17H2,(H,29,33)(H,30,35). The Balaban J connectivity index is 1.73. The molecule has 0 aromatic heterocycles. The number of urea groups is 1. The third kappa shape index (κ3) is 5.00. The molecule has 2 aliphatic heterocycles. The first-order valence-electron chi connectivity index (χ1n) is 11.4. The van der Waals surface area contributed by atoms with E-state index < -0.39 is 12.1 Å². The van der Waals surface area contributed by atoms with Crippen molar-refractivity contribution < 1.29 is 14.4 Å². The topological polar surface area (TPSA) is 81.8 Å². The summed E-state index contributed by atoms with van der Waals surface area (Å²) in [6, 6.07) is 14.8. The molecule has 0 fully saturated rings. The maximum absolute atomic E-state index is 13.9. The number of hydrogen-bond acceptors (Lipinski definition) is 3. The Morgan fingerprint density at radius 1 is 1.11 bits per heavy atom. The van der Waals surface area contributed by atoms with E-state index in [2.05, 4.69) is 23.8 Å². The monoisotopic (exact) mass is 490 g/mol. The number of benzene rings is 2.